The molecule has 0 radical (unpaired) electrons. The Hall–Kier alpha value is 0.920. The molecule has 0 aliphatic heterocycles. The second-order valence-corrected chi connectivity index (χ2v) is 6.04. The monoisotopic (exact) mass is 308 g/mol. The van der Waals surface area contributed by atoms with E-state index in [9.17, 15) is 0 Å². The molecule has 0 aromatic carbocycles. The SMILES string of the molecule is CCCCCCCCNCCNCCCCCCCC.[NaH]. The van der Waals surface area contributed by atoms with Gasteiger partial charge in [0.25, 0.3) is 0 Å². The molecule has 0 saturated heterocycles. The third-order valence-corrected chi connectivity index (χ3v) is 3.89. The van der Waals surface area contributed by atoms with Crippen LogP contribution in [0.3, 0.4) is 0 Å². The molecule has 0 amide bonds. The summed E-state index contributed by atoms with van der Waals surface area (Å²) in [4.78, 5) is 0. The summed E-state index contributed by atoms with van der Waals surface area (Å²) in [5, 5.41) is 7.07. The van der Waals surface area contributed by atoms with Crippen LogP contribution in [0.4, 0.5) is 0 Å². The van der Waals surface area contributed by atoms with Crippen LogP contribution in [0, 0.1) is 0 Å². The Kier molecular flexibility index (Phi) is 26.7. The molecule has 0 atom stereocenters. The normalized spacial score (nSPS) is 10.6. The minimum atomic E-state index is 0. The van der Waals surface area contributed by atoms with Gasteiger partial charge in [-0.25, -0.2) is 0 Å². The van der Waals surface area contributed by atoms with Gasteiger partial charge in [0.1, 0.15) is 0 Å². The van der Waals surface area contributed by atoms with Crippen LogP contribution in [0.1, 0.15) is 90.9 Å². The zero-order valence-electron chi connectivity index (χ0n) is 14.3. The van der Waals surface area contributed by atoms with Crippen LogP contribution in [0.15, 0.2) is 0 Å². The summed E-state index contributed by atoms with van der Waals surface area (Å²) in [5.41, 5.74) is 0. The summed E-state index contributed by atoms with van der Waals surface area (Å²) in [7, 11) is 0. The van der Waals surface area contributed by atoms with E-state index in [-0.39, 0.29) is 29.6 Å². The Morgan fingerprint density at radius 2 is 0.762 bits per heavy atom. The number of nitrogens with one attached hydrogen (secondary N) is 2. The third-order valence-electron chi connectivity index (χ3n) is 3.89. The van der Waals surface area contributed by atoms with Gasteiger partial charge >= 0.3 is 29.6 Å². The second kappa shape index (κ2) is 23.2. The minimum absolute atomic E-state index is 0. The Bertz CT molecular complexity index is 147. The summed E-state index contributed by atoms with van der Waals surface area (Å²) < 4.78 is 0. The van der Waals surface area contributed by atoms with Gasteiger partial charge in [-0.15, -0.1) is 0 Å². The molecule has 2 N–H and O–H groups in total. The van der Waals surface area contributed by atoms with E-state index in [1.165, 1.54) is 90.1 Å². The fourth-order valence-electron chi connectivity index (χ4n) is 2.49. The average Bonchev–Trinajstić information content (AvgIpc) is 2.47. The van der Waals surface area contributed by atoms with Gasteiger partial charge in [0.05, 0.1) is 0 Å². The molecule has 0 aromatic heterocycles. The molecular weight excluding hydrogens is 267 g/mol. The van der Waals surface area contributed by atoms with Crippen molar-refractivity contribution >= 4 is 29.6 Å². The summed E-state index contributed by atoms with van der Waals surface area (Å²) in [5.74, 6) is 0. The maximum absolute atomic E-state index is 3.53. The first-order valence-corrected chi connectivity index (χ1v) is 9.33. The Morgan fingerprint density at radius 1 is 0.429 bits per heavy atom. The molecule has 0 aromatic rings. The van der Waals surface area contributed by atoms with Crippen molar-refractivity contribution in [2.24, 2.45) is 0 Å². The molecule has 0 heterocycles. The predicted octanol–water partition coefficient (Wildman–Crippen LogP) is 4.24. The first-order valence-electron chi connectivity index (χ1n) is 9.33. The van der Waals surface area contributed by atoms with Crippen LogP contribution in [0.25, 0.3) is 0 Å². The molecule has 3 heteroatoms. The molecule has 0 saturated carbocycles. The van der Waals surface area contributed by atoms with Crippen molar-refractivity contribution < 1.29 is 0 Å². The summed E-state index contributed by atoms with van der Waals surface area (Å²) in [6, 6.07) is 0. The van der Waals surface area contributed by atoms with Crippen molar-refractivity contribution in [2.75, 3.05) is 26.2 Å². The predicted molar refractivity (Wildman–Crippen MR) is 99.6 cm³/mol. The fourth-order valence-corrected chi connectivity index (χ4v) is 2.49. The molecule has 124 valence electrons. The first kappa shape index (κ1) is 24.2. The molecule has 0 unspecified atom stereocenters. The van der Waals surface area contributed by atoms with Crippen LogP contribution >= 0.6 is 0 Å². The molecule has 0 aliphatic rings. The topological polar surface area (TPSA) is 24.1 Å². The van der Waals surface area contributed by atoms with Gasteiger partial charge in [0.2, 0.25) is 0 Å². The third kappa shape index (κ3) is 23.3. The van der Waals surface area contributed by atoms with Gasteiger partial charge in [-0.1, -0.05) is 78.1 Å². The molecule has 0 fully saturated rings. The molecule has 0 bridgehead atoms. The second-order valence-electron chi connectivity index (χ2n) is 6.04. The van der Waals surface area contributed by atoms with E-state index in [0.717, 1.165) is 13.1 Å². The molecule has 2 nitrogen and oxygen atoms in total. The first-order chi connectivity index (χ1) is 9.91. The van der Waals surface area contributed by atoms with Crippen molar-refractivity contribution in [3.8, 4) is 0 Å². The van der Waals surface area contributed by atoms with E-state index >= 15 is 0 Å². The summed E-state index contributed by atoms with van der Waals surface area (Å²) in [6.45, 7) is 9.21. The van der Waals surface area contributed by atoms with Gasteiger partial charge in [-0.3, -0.25) is 0 Å². The van der Waals surface area contributed by atoms with Crippen LogP contribution in [-0.4, -0.2) is 55.7 Å². The van der Waals surface area contributed by atoms with Crippen LogP contribution in [-0.2, 0) is 0 Å². The number of hydrogen-bond acceptors (Lipinski definition) is 2. The van der Waals surface area contributed by atoms with Crippen molar-refractivity contribution in [1.82, 2.24) is 10.6 Å². The van der Waals surface area contributed by atoms with Crippen LogP contribution in [0.5, 0.6) is 0 Å². The zero-order chi connectivity index (χ0) is 14.7. The number of hydrogen-bond donors (Lipinski definition) is 2. The van der Waals surface area contributed by atoms with Gasteiger partial charge in [0.15, 0.2) is 0 Å². The molecular formula is C18H41N2Na. The van der Waals surface area contributed by atoms with E-state index < -0.39 is 0 Å². The molecule has 0 rings (SSSR count). The van der Waals surface area contributed by atoms with Gasteiger partial charge < -0.3 is 10.6 Å². The fraction of sp³-hybridized carbons (Fsp3) is 1.00. The number of rotatable bonds is 17. The average molecular weight is 309 g/mol. The van der Waals surface area contributed by atoms with Crippen molar-refractivity contribution in [1.29, 1.82) is 0 Å². The van der Waals surface area contributed by atoms with Crippen LogP contribution in [0.2, 0.25) is 0 Å². The number of unbranched alkanes of at least 4 members (excludes halogenated alkanes) is 10. The standard InChI is InChI=1S/C18H40N2.Na.H/c1-3-5-7-9-11-13-15-19-17-18-20-16-14-12-10-8-6-4-2;;/h19-20H,3-18H2,1-2H3;;. The van der Waals surface area contributed by atoms with E-state index in [0.29, 0.717) is 0 Å². The van der Waals surface area contributed by atoms with Gasteiger partial charge in [-0.05, 0) is 25.9 Å². The van der Waals surface area contributed by atoms with Crippen LogP contribution < -0.4 is 10.6 Å². The Labute approximate surface area is 156 Å². The Balaban J connectivity index is 0. The molecule has 21 heavy (non-hydrogen) atoms. The van der Waals surface area contributed by atoms with E-state index in [2.05, 4.69) is 24.5 Å². The summed E-state index contributed by atoms with van der Waals surface area (Å²) in [6.07, 6.45) is 16.7. The zero-order valence-corrected chi connectivity index (χ0v) is 14.3. The maximum atomic E-state index is 3.53. The molecule has 0 aliphatic carbocycles. The van der Waals surface area contributed by atoms with Crippen molar-refractivity contribution in [3.05, 3.63) is 0 Å². The van der Waals surface area contributed by atoms with Gasteiger partial charge in [-0.2, -0.15) is 0 Å². The van der Waals surface area contributed by atoms with E-state index in [1.54, 1.807) is 0 Å². The van der Waals surface area contributed by atoms with Gasteiger partial charge in [0, 0.05) is 13.1 Å². The Morgan fingerprint density at radius 3 is 1.14 bits per heavy atom. The summed E-state index contributed by atoms with van der Waals surface area (Å²) >= 11 is 0. The molecule has 0 spiro atoms. The van der Waals surface area contributed by atoms with Crippen molar-refractivity contribution in [2.45, 2.75) is 90.9 Å². The van der Waals surface area contributed by atoms with E-state index in [4.69, 9.17) is 0 Å². The quantitative estimate of drug-likeness (QED) is 0.310. The van der Waals surface area contributed by atoms with E-state index in [1.807, 2.05) is 0 Å². The van der Waals surface area contributed by atoms with Crippen molar-refractivity contribution in [3.63, 3.8) is 0 Å².